The summed E-state index contributed by atoms with van der Waals surface area (Å²) in [5, 5.41) is 0. The van der Waals surface area contributed by atoms with Gasteiger partial charge in [-0.2, -0.15) is 0 Å². The van der Waals surface area contributed by atoms with E-state index in [1.165, 1.54) is 60.1 Å². The molecule has 0 unspecified atom stereocenters. The van der Waals surface area contributed by atoms with Crippen LogP contribution >= 0.6 is 0 Å². The molecule has 0 N–H and O–H groups in total. The van der Waals surface area contributed by atoms with Crippen molar-refractivity contribution in [3.8, 4) is 11.1 Å². The second-order valence-corrected chi connectivity index (χ2v) is 7.19. The molecule has 2 bridgehead atoms. The lowest BCUT2D eigenvalue weighted by molar-refractivity contribution is -0.00000412. The van der Waals surface area contributed by atoms with Crippen molar-refractivity contribution in [1.82, 2.24) is 4.48 Å². The van der Waals surface area contributed by atoms with Gasteiger partial charge in [-0.05, 0) is 28.7 Å². The predicted octanol–water partition coefficient (Wildman–Crippen LogP) is 1.38. The topological polar surface area (TPSA) is 0 Å². The van der Waals surface area contributed by atoms with Gasteiger partial charge in [0.25, 0.3) is 0 Å². The highest BCUT2D eigenvalue weighted by Gasteiger charge is 2.43. The largest absolute Gasteiger partial charge is 1.00 e. The molecule has 2 heteroatoms. The second kappa shape index (κ2) is 5.21. The highest BCUT2D eigenvalue weighted by atomic mass is 79.9. The number of fused-ring (bicyclic) bond motifs is 6. The first-order valence-electron chi connectivity index (χ1n) is 8.43. The van der Waals surface area contributed by atoms with E-state index >= 15 is 0 Å². The number of benzene rings is 2. The van der Waals surface area contributed by atoms with Crippen LogP contribution in [-0.2, 0) is 6.42 Å². The molecule has 2 aromatic carbocycles. The highest BCUT2D eigenvalue weighted by Crippen LogP contribution is 2.46. The van der Waals surface area contributed by atoms with E-state index in [4.69, 9.17) is 0 Å². The fraction of sp³-hybridized carbons (Fsp3) is 0.400. The van der Waals surface area contributed by atoms with Crippen LogP contribution < -0.4 is 21.5 Å². The minimum Gasteiger partial charge on any atom is -1.00 e. The lowest BCUT2D eigenvalue weighted by Crippen LogP contribution is -3.00. The number of piperidine rings is 3. The fourth-order valence-electron chi connectivity index (χ4n) is 5.00. The summed E-state index contributed by atoms with van der Waals surface area (Å²) >= 11 is 0. The zero-order chi connectivity index (χ0) is 13.9. The van der Waals surface area contributed by atoms with Gasteiger partial charge < -0.3 is 17.0 Å². The molecular weight excluding hydrogens is 334 g/mol. The van der Waals surface area contributed by atoms with Crippen LogP contribution in [0.25, 0.3) is 11.1 Å². The Morgan fingerprint density at radius 1 is 0.773 bits per heavy atom. The molecule has 3 aliphatic heterocycles. The van der Waals surface area contributed by atoms with E-state index in [1.807, 2.05) is 0 Å². The zero-order valence-corrected chi connectivity index (χ0v) is 14.5. The molecule has 22 heavy (non-hydrogen) atoms. The summed E-state index contributed by atoms with van der Waals surface area (Å²) in [6.45, 7) is 4.12. The Labute approximate surface area is 143 Å². The highest BCUT2D eigenvalue weighted by molar-refractivity contribution is 5.81. The molecule has 2 aromatic rings. The smallest absolute Gasteiger partial charge is 0.137 e. The number of halogens is 1. The van der Waals surface area contributed by atoms with Crippen LogP contribution in [-0.4, -0.2) is 19.6 Å². The molecule has 114 valence electrons. The maximum Gasteiger partial charge on any atom is 0.137 e. The maximum absolute atomic E-state index is 2.43. The molecule has 1 nitrogen and oxygen atoms in total. The van der Waals surface area contributed by atoms with Crippen molar-refractivity contribution in [2.24, 2.45) is 5.92 Å². The van der Waals surface area contributed by atoms with Crippen molar-refractivity contribution in [1.29, 1.82) is 0 Å². The Kier molecular flexibility index (Phi) is 3.43. The van der Waals surface area contributed by atoms with E-state index in [0.29, 0.717) is 0 Å². The number of nitrogens with zero attached hydrogens (tertiary/aromatic N) is 1. The van der Waals surface area contributed by atoms with Crippen LogP contribution in [0.2, 0.25) is 0 Å². The van der Waals surface area contributed by atoms with Crippen LogP contribution in [0, 0.1) is 5.92 Å². The van der Waals surface area contributed by atoms with E-state index in [9.17, 15) is 0 Å². The van der Waals surface area contributed by atoms with Crippen LogP contribution in [0.4, 0.5) is 5.69 Å². The normalized spacial score (nSPS) is 27.9. The lowest BCUT2D eigenvalue weighted by atomic mass is 9.84. The minimum absolute atomic E-state index is 0. The lowest BCUT2D eigenvalue weighted by Gasteiger charge is -2.49. The van der Waals surface area contributed by atoms with Crippen LogP contribution in [0.5, 0.6) is 0 Å². The summed E-state index contributed by atoms with van der Waals surface area (Å²) in [6, 6.07) is 16.0. The van der Waals surface area contributed by atoms with Crippen molar-refractivity contribution in [2.45, 2.75) is 25.7 Å². The molecule has 4 aliphatic rings. The first-order valence-corrected chi connectivity index (χ1v) is 8.43. The molecule has 0 aromatic heterocycles. The van der Waals surface area contributed by atoms with E-state index in [-0.39, 0.29) is 17.0 Å². The summed E-state index contributed by atoms with van der Waals surface area (Å²) in [7, 11) is 0. The molecule has 6 rings (SSSR count). The summed E-state index contributed by atoms with van der Waals surface area (Å²) in [6.07, 6.45) is 5.47. The number of quaternary nitrogens is 1. The first-order chi connectivity index (χ1) is 10.4. The Morgan fingerprint density at radius 3 is 2.23 bits per heavy atom. The molecule has 0 radical (unpaired) electrons. The second-order valence-electron chi connectivity index (χ2n) is 7.19. The van der Waals surface area contributed by atoms with E-state index in [2.05, 4.69) is 42.5 Å². The van der Waals surface area contributed by atoms with Crippen molar-refractivity contribution < 1.29 is 17.0 Å². The maximum atomic E-state index is 2.43. The van der Waals surface area contributed by atoms with Crippen molar-refractivity contribution in [3.05, 3.63) is 53.6 Å². The molecule has 0 spiro atoms. The van der Waals surface area contributed by atoms with Crippen molar-refractivity contribution in [2.75, 3.05) is 19.6 Å². The fourth-order valence-corrected chi connectivity index (χ4v) is 5.00. The molecule has 3 heterocycles. The molecule has 0 amide bonds. The average molecular weight is 356 g/mol. The monoisotopic (exact) mass is 355 g/mol. The van der Waals surface area contributed by atoms with E-state index < -0.39 is 0 Å². The quantitative estimate of drug-likeness (QED) is 0.578. The van der Waals surface area contributed by atoms with Crippen molar-refractivity contribution in [3.63, 3.8) is 0 Å². The summed E-state index contributed by atoms with van der Waals surface area (Å²) < 4.78 is 1.27. The van der Waals surface area contributed by atoms with Gasteiger partial charge in [0.05, 0.1) is 19.6 Å². The van der Waals surface area contributed by atoms with Gasteiger partial charge in [0.2, 0.25) is 0 Å². The standard InChI is InChI=1S/C20H22N.BrH/c1-2-5-17-16(4-1)14-19-18(17)6-3-7-20(19)21-11-8-15(9-12-21)10-13-21;/h1-7,15H,8-14H2;1H/q+1;/p-1. The van der Waals surface area contributed by atoms with Gasteiger partial charge in [-0.1, -0.05) is 36.4 Å². The van der Waals surface area contributed by atoms with E-state index in [1.54, 1.807) is 11.3 Å². The predicted molar refractivity (Wildman–Crippen MR) is 88.4 cm³/mol. The first kappa shape index (κ1) is 14.5. The number of rotatable bonds is 1. The molecule has 1 aliphatic carbocycles. The Morgan fingerprint density at radius 2 is 1.45 bits per heavy atom. The van der Waals surface area contributed by atoms with Gasteiger partial charge in [-0.15, -0.1) is 0 Å². The van der Waals surface area contributed by atoms with Crippen molar-refractivity contribution >= 4 is 5.69 Å². The molecule has 3 fully saturated rings. The third-order valence-corrected chi connectivity index (χ3v) is 6.23. The SMILES string of the molecule is [Br-].c1ccc2c(c1)Cc1c-2cccc1[N+]12CCC(CC1)CC2. The zero-order valence-electron chi connectivity index (χ0n) is 12.9. The number of hydrogen-bond acceptors (Lipinski definition) is 0. The average Bonchev–Trinajstić information content (AvgIpc) is 2.95. The van der Waals surface area contributed by atoms with Gasteiger partial charge in [-0.3, -0.25) is 4.48 Å². The van der Waals surface area contributed by atoms with Gasteiger partial charge in [0.15, 0.2) is 0 Å². The molecular formula is C20H22BrN. The van der Waals surface area contributed by atoms with Gasteiger partial charge >= 0.3 is 0 Å². The minimum atomic E-state index is 0. The van der Waals surface area contributed by atoms with Crippen LogP contribution in [0.3, 0.4) is 0 Å². The van der Waals surface area contributed by atoms with Gasteiger partial charge in [-0.25, -0.2) is 0 Å². The Balaban J connectivity index is 0.00000125. The molecule has 3 saturated heterocycles. The summed E-state index contributed by atoms with van der Waals surface area (Å²) in [4.78, 5) is 0. The third kappa shape index (κ3) is 1.93. The van der Waals surface area contributed by atoms with Crippen LogP contribution in [0.15, 0.2) is 42.5 Å². The van der Waals surface area contributed by atoms with Gasteiger partial charge in [0.1, 0.15) is 5.69 Å². The summed E-state index contributed by atoms with van der Waals surface area (Å²) in [5.74, 6) is 1.03. The Bertz CT molecular complexity index is 700. The van der Waals surface area contributed by atoms with Gasteiger partial charge in [0, 0.05) is 31.2 Å². The number of hydrogen-bond donors (Lipinski definition) is 0. The van der Waals surface area contributed by atoms with Crippen LogP contribution in [0.1, 0.15) is 30.4 Å². The Hall–Kier alpha value is -1.12. The third-order valence-electron chi connectivity index (χ3n) is 6.23. The summed E-state index contributed by atoms with van der Waals surface area (Å²) in [5.41, 5.74) is 7.76. The molecule has 0 atom stereocenters. The molecule has 0 saturated carbocycles. The van der Waals surface area contributed by atoms with E-state index in [0.717, 1.165) is 12.3 Å².